The van der Waals surface area contributed by atoms with Gasteiger partial charge in [-0.1, -0.05) is 279 Å². The molecule has 0 amide bonds. The van der Waals surface area contributed by atoms with Crippen LogP contribution in [-0.4, -0.2) is 22.4 Å². The predicted octanol–water partition coefficient (Wildman–Crippen LogP) is 16.6. The van der Waals surface area contributed by atoms with Gasteiger partial charge < -0.3 is 10.8 Å². The highest BCUT2D eigenvalue weighted by Gasteiger charge is 2.42. The molecule has 1 heterocycles. The van der Waals surface area contributed by atoms with Crippen LogP contribution in [0.4, 0.5) is 0 Å². The third-order valence-corrected chi connectivity index (χ3v) is 14.1. The second kappa shape index (κ2) is 31.1. The Labute approximate surface area is 366 Å². The Hall–Kier alpha value is -0.790. The van der Waals surface area contributed by atoms with Gasteiger partial charge in [0.15, 0.2) is 0 Å². The van der Waals surface area contributed by atoms with Crippen LogP contribution < -0.4 is 16.0 Å². The number of hydrogen-bond acceptors (Lipinski definition) is 6. The number of hydrogen-bond donors (Lipinski definition) is 4. The van der Waals surface area contributed by atoms with Crippen LogP contribution in [0.2, 0.25) is 0 Å². The van der Waals surface area contributed by atoms with Gasteiger partial charge in [-0.15, -0.1) is 0 Å². The monoisotopic (exact) mass is 829 g/mol. The van der Waals surface area contributed by atoms with E-state index in [0.29, 0.717) is 5.75 Å². The highest BCUT2D eigenvalue weighted by Crippen LogP contribution is 2.46. The number of nitrogens with two attached hydrogens (primary N) is 1. The Bertz CT molecular complexity index is 1110. The van der Waals surface area contributed by atoms with Gasteiger partial charge in [-0.3, -0.25) is 0 Å². The smallest absolute Gasteiger partial charge is 0.123 e. The molecule has 0 aromatic heterocycles. The van der Waals surface area contributed by atoms with Crippen molar-refractivity contribution < 1.29 is 5.11 Å². The molecular formula is C52H100N4OS. The number of phenolic OH excluding ortho intramolecular Hbond substituents is 1. The fourth-order valence-electron chi connectivity index (χ4n) is 8.94. The van der Waals surface area contributed by atoms with Crippen LogP contribution in [0.15, 0.2) is 12.1 Å². The van der Waals surface area contributed by atoms with Gasteiger partial charge in [0.25, 0.3) is 0 Å². The van der Waals surface area contributed by atoms with Crippen molar-refractivity contribution in [1.29, 1.82) is 0 Å². The van der Waals surface area contributed by atoms with Crippen molar-refractivity contribution in [3.05, 3.63) is 28.8 Å². The Morgan fingerprint density at radius 1 is 0.534 bits per heavy atom. The Kier molecular flexibility index (Phi) is 28.6. The summed E-state index contributed by atoms with van der Waals surface area (Å²) in [7, 11) is 0. The summed E-state index contributed by atoms with van der Waals surface area (Å²) in [6, 6.07) is 4.48. The van der Waals surface area contributed by atoms with Crippen LogP contribution >= 0.6 is 11.9 Å². The number of nitrogens with zero attached hydrogens (tertiary/aromatic N) is 1. The van der Waals surface area contributed by atoms with E-state index < -0.39 is 5.66 Å². The minimum Gasteiger partial charge on any atom is -0.507 e. The molecule has 1 aromatic carbocycles. The van der Waals surface area contributed by atoms with Crippen molar-refractivity contribution in [2.75, 3.05) is 6.54 Å². The van der Waals surface area contributed by atoms with Crippen LogP contribution in [0.3, 0.4) is 0 Å². The first kappa shape index (κ1) is 53.3. The standard InChI is InChI=1S/C52H100N4OS/c1-9-11-13-15-17-19-21-23-25-27-29-31-33-35-37-39-41-52(53)49(45-43-46(50(3,4)5)48(57)47(44-45)51(6,7)8)58-55-56(54-52)42-40-38-36-34-32-30-28-26-24-22-20-18-16-14-12-10-2/h43-44,49,54-55,57H,9-42,53H2,1-8H3. The largest absolute Gasteiger partial charge is 0.507 e. The summed E-state index contributed by atoms with van der Waals surface area (Å²) in [6.07, 6.45) is 45.1. The Morgan fingerprint density at radius 2 is 0.845 bits per heavy atom. The second-order valence-corrected chi connectivity index (χ2v) is 21.6. The third kappa shape index (κ3) is 22.9. The minimum absolute atomic E-state index is 0.0219. The van der Waals surface area contributed by atoms with Crippen LogP contribution in [-0.2, 0) is 10.8 Å². The summed E-state index contributed by atoms with van der Waals surface area (Å²) >= 11 is 1.76. The zero-order valence-electron chi connectivity index (χ0n) is 40.2. The van der Waals surface area contributed by atoms with E-state index in [1.165, 1.54) is 205 Å². The lowest BCUT2D eigenvalue weighted by Gasteiger charge is -2.47. The predicted molar refractivity (Wildman–Crippen MR) is 259 cm³/mol. The fourth-order valence-corrected chi connectivity index (χ4v) is 9.97. The zero-order chi connectivity index (χ0) is 42.5. The van der Waals surface area contributed by atoms with E-state index in [4.69, 9.17) is 5.73 Å². The highest BCUT2D eigenvalue weighted by molar-refractivity contribution is 7.97. The fraction of sp³-hybridized carbons (Fsp3) is 0.885. The number of benzene rings is 1. The summed E-state index contributed by atoms with van der Waals surface area (Å²) < 4.78 is 0. The number of unbranched alkanes of at least 4 members (excludes halogenated alkanes) is 30. The molecule has 1 fully saturated rings. The lowest BCUT2D eigenvalue weighted by molar-refractivity contribution is 0.0581. The molecule has 0 spiro atoms. The first-order valence-corrected chi connectivity index (χ1v) is 26.3. The first-order valence-electron chi connectivity index (χ1n) is 25.5. The molecule has 0 aliphatic carbocycles. The molecule has 0 radical (unpaired) electrons. The zero-order valence-corrected chi connectivity index (χ0v) is 41.0. The van der Waals surface area contributed by atoms with Crippen molar-refractivity contribution in [2.45, 2.75) is 289 Å². The number of aromatic hydroxyl groups is 1. The SMILES string of the molecule is CCCCCCCCCCCCCCCCCCN1NSC(c2cc(C(C)(C)C)c(O)c(C(C)(C)C)c2)C(N)(CCCCCCCCCCCCCCCCCC)N1. The summed E-state index contributed by atoms with van der Waals surface area (Å²) in [6.45, 7) is 18.8. The molecule has 6 heteroatoms. The van der Waals surface area contributed by atoms with Gasteiger partial charge in [0.1, 0.15) is 5.75 Å². The van der Waals surface area contributed by atoms with Gasteiger partial charge in [0.2, 0.25) is 0 Å². The Balaban J connectivity index is 1.83. The second-order valence-electron chi connectivity index (χ2n) is 20.7. The first-order chi connectivity index (χ1) is 27.8. The molecule has 1 saturated heterocycles. The van der Waals surface area contributed by atoms with Gasteiger partial charge in [-0.2, -0.15) is 9.95 Å². The van der Waals surface area contributed by atoms with Crippen LogP contribution in [0, 0.1) is 0 Å². The highest BCUT2D eigenvalue weighted by atomic mass is 32.2. The normalized spacial score (nSPS) is 18.1. The minimum atomic E-state index is -0.581. The lowest BCUT2D eigenvalue weighted by Crippen LogP contribution is -2.68. The topological polar surface area (TPSA) is 73.5 Å². The van der Waals surface area contributed by atoms with Crippen LogP contribution in [0.5, 0.6) is 5.75 Å². The van der Waals surface area contributed by atoms with Gasteiger partial charge >= 0.3 is 0 Å². The molecule has 340 valence electrons. The molecule has 1 aliphatic rings. The molecule has 5 N–H and O–H groups in total. The molecule has 0 bridgehead atoms. The van der Waals surface area contributed by atoms with Crippen molar-refractivity contribution >= 4 is 11.9 Å². The van der Waals surface area contributed by atoms with Crippen molar-refractivity contribution in [3.63, 3.8) is 0 Å². The van der Waals surface area contributed by atoms with Crippen LogP contribution in [0.25, 0.3) is 0 Å². The molecule has 2 unspecified atom stereocenters. The van der Waals surface area contributed by atoms with Gasteiger partial charge in [-0.25, -0.2) is 5.43 Å². The maximum absolute atomic E-state index is 11.5. The van der Waals surface area contributed by atoms with E-state index in [1.807, 2.05) is 0 Å². The number of hydrazine groups is 2. The molecule has 2 atom stereocenters. The third-order valence-electron chi connectivity index (χ3n) is 12.8. The van der Waals surface area contributed by atoms with Crippen LogP contribution in [0.1, 0.15) is 289 Å². The van der Waals surface area contributed by atoms with E-state index in [0.717, 1.165) is 30.5 Å². The molecule has 1 aromatic rings. The van der Waals surface area contributed by atoms with Crippen molar-refractivity contribution in [1.82, 2.24) is 15.4 Å². The average molecular weight is 829 g/mol. The van der Waals surface area contributed by atoms with E-state index in [9.17, 15) is 5.11 Å². The quantitative estimate of drug-likeness (QED) is 0.0403. The van der Waals surface area contributed by atoms with E-state index >= 15 is 0 Å². The molecule has 0 saturated carbocycles. The molecule has 2 rings (SSSR count). The van der Waals surface area contributed by atoms with E-state index in [-0.39, 0.29) is 16.1 Å². The maximum Gasteiger partial charge on any atom is 0.123 e. The van der Waals surface area contributed by atoms with Crippen molar-refractivity contribution in [2.24, 2.45) is 5.73 Å². The molecular weight excluding hydrogens is 729 g/mol. The van der Waals surface area contributed by atoms with Gasteiger partial charge in [0, 0.05) is 6.54 Å². The summed E-state index contributed by atoms with van der Waals surface area (Å²) in [5.41, 5.74) is 13.7. The maximum atomic E-state index is 11.5. The van der Waals surface area contributed by atoms with E-state index in [2.05, 4.69) is 82.9 Å². The van der Waals surface area contributed by atoms with Gasteiger partial charge in [0.05, 0.1) is 10.9 Å². The molecule has 58 heavy (non-hydrogen) atoms. The number of rotatable bonds is 35. The molecule has 5 nitrogen and oxygen atoms in total. The van der Waals surface area contributed by atoms with E-state index in [1.54, 1.807) is 11.9 Å². The average Bonchev–Trinajstić information content (AvgIpc) is 3.17. The number of nitrogens with one attached hydrogen (secondary N) is 2. The van der Waals surface area contributed by atoms with Gasteiger partial charge in [-0.05, 0) is 40.4 Å². The van der Waals surface area contributed by atoms with Crippen molar-refractivity contribution in [3.8, 4) is 5.75 Å². The lowest BCUT2D eigenvalue weighted by atomic mass is 9.77. The summed E-state index contributed by atoms with van der Waals surface area (Å²) in [5, 5.41) is 13.7. The summed E-state index contributed by atoms with van der Waals surface area (Å²) in [4.78, 5) is 3.66. The number of phenols is 1. The molecule has 1 aliphatic heterocycles. The summed E-state index contributed by atoms with van der Waals surface area (Å²) in [5.74, 6) is 0.441. The Morgan fingerprint density at radius 3 is 1.17 bits per heavy atom.